The van der Waals surface area contributed by atoms with Gasteiger partial charge in [0.2, 0.25) is 0 Å². The molecule has 0 aromatic heterocycles. The summed E-state index contributed by atoms with van der Waals surface area (Å²) in [4.78, 5) is 10.3. The van der Waals surface area contributed by atoms with Gasteiger partial charge in [-0.05, 0) is 26.7 Å². The summed E-state index contributed by atoms with van der Waals surface area (Å²) in [5.41, 5.74) is -0.848. The molecule has 0 radical (unpaired) electrons. The van der Waals surface area contributed by atoms with E-state index in [4.69, 9.17) is 15.0 Å². The quantitative estimate of drug-likeness (QED) is 0.467. The highest BCUT2D eigenvalue weighted by Crippen LogP contribution is 2.14. The standard InChI is InChI=1S/C11H21NO2/c1-5-7-8-10(6-2)13-14-11(3,4)9-12/h10H,5-8H2,1-4H3. The van der Waals surface area contributed by atoms with Crippen molar-refractivity contribution in [3.63, 3.8) is 0 Å². The normalized spacial score (nSPS) is 13.6. The number of hydrogen-bond acceptors (Lipinski definition) is 3. The molecule has 0 aromatic carbocycles. The van der Waals surface area contributed by atoms with Crippen LogP contribution >= 0.6 is 0 Å². The minimum atomic E-state index is -0.848. The number of nitriles is 1. The van der Waals surface area contributed by atoms with Gasteiger partial charge in [0.1, 0.15) is 6.07 Å². The van der Waals surface area contributed by atoms with E-state index >= 15 is 0 Å². The van der Waals surface area contributed by atoms with Gasteiger partial charge in [0.25, 0.3) is 0 Å². The average molecular weight is 199 g/mol. The molecule has 0 aliphatic rings. The second-order valence-electron chi connectivity index (χ2n) is 3.97. The average Bonchev–Trinajstić information content (AvgIpc) is 2.18. The predicted octanol–water partition coefficient (Wildman–Crippen LogP) is 3.21. The third kappa shape index (κ3) is 5.95. The molecule has 3 heteroatoms. The highest BCUT2D eigenvalue weighted by Gasteiger charge is 2.20. The molecule has 0 aliphatic carbocycles. The van der Waals surface area contributed by atoms with Gasteiger partial charge in [0, 0.05) is 0 Å². The molecule has 0 saturated carbocycles. The van der Waals surface area contributed by atoms with E-state index in [1.807, 2.05) is 6.07 Å². The summed E-state index contributed by atoms with van der Waals surface area (Å²) < 4.78 is 0. The molecule has 3 nitrogen and oxygen atoms in total. The first-order chi connectivity index (χ1) is 6.55. The van der Waals surface area contributed by atoms with E-state index in [0.717, 1.165) is 25.7 Å². The van der Waals surface area contributed by atoms with Crippen molar-refractivity contribution < 1.29 is 9.78 Å². The van der Waals surface area contributed by atoms with Crippen LogP contribution in [0.4, 0.5) is 0 Å². The lowest BCUT2D eigenvalue weighted by Gasteiger charge is -2.20. The fraction of sp³-hybridized carbons (Fsp3) is 0.909. The van der Waals surface area contributed by atoms with Gasteiger partial charge in [-0.15, -0.1) is 0 Å². The summed E-state index contributed by atoms with van der Waals surface area (Å²) in [6.45, 7) is 7.59. The van der Waals surface area contributed by atoms with Crippen LogP contribution in [-0.4, -0.2) is 11.7 Å². The summed E-state index contributed by atoms with van der Waals surface area (Å²) >= 11 is 0. The Labute approximate surface area is 86.9 Å². The van der Waals surface area contributed by atoms with Crippen molar-refractivity contribution in [2.75, 3.05) is 0 Å². The van der Waals surface area contributed by atoms with Crippen molar-refractivity contribution in [1.82, 2.24) is 0 Å². The number of unbranched alkanes of at least 4 members (excludes halogenated alkanes) is 1. The molecule has 0 bridgehead atoms. The SMILES string of the molecule is CCCCC(CC)OOC(C)(C)C#N. The predicted molar refractivity (Wildman–Crippen MR) is 55.5 cm³/mol. The van der Waals surface area contributed by atoms with Gasteiger partial charge in [-0.1, -0.05) is 26.7 Å². The van der Waals surface area contributed by atoms with Crippen molar-refractivity contribution in [1.29, 1.82) is 5.26 Å². The van der Waals surface area contributed by atoms with Gasteiger partial charge in [-0.2, -0.15) is 5.26 Å². The summed E-state index contributed by atoms with van der Waals surface area (Å²) in [5, 5.41) is 8.70. The van der Waals surface area contributed by atoms with E-state index in [1.165, 1.54) is 0 Å². The molecule has 1 unspecified atom stereocenters. The van der Waals surface area contributed by atoms with Crippen molar-refractivity contribution >= 4 is 0 Å². The second kappa shape index (κ2) is 6.80. The van der Waals surface area contributed by atoms with Gasteiger partial charge in [-0.25, -0.2) is 9.78 Å². The summed E-state index contributed by atoms with van der Waals surface area (Å²) in [5.74, 6) is 0. The zero-order valence-corrected chi connectivity index (χ0v) is 9.67. The van der Waals surface area contributed by atoms with Crippen molar-refractivity contribution in [2.24, 2.45) is 0 Å². The summed E-state index contributed by atoms with van der Waals surface area (Å²) in [6, 6.07) is 2.03. The van der Waals surface area contributed by atoms with Crippen LogP contribution in [0.15, 0.2) is 0 Å². The van der Waals surface area contributed by atoms with Crippen LogP contribution in [0, 0.1) is 11.3 Å². The van der Waals surface area contributed by atoms with E-state index in [1.54, 1.807) is 13.8 Å². The maximum absolute atomic E-state index is 8.70. The first kappa shape index (κ1) is 13.4. The van der Waals surface area contributed by atoms with E-state index in [2.05, 4.69) is 13.8 Å². The van der Waals surface area contributed by atoms with Crippen molar-refractivity contribution in [3.05, 3.63) is 0 Å². The van der Waals surface area contributed by atoms with E-state index in [0.29, 0.717) is 0 Å². The first-order valence-corrected chi connectivity index (χ1v) is 5.31. The topological polar surface area (TPSA) is 42.2 Å². The molecule has 82 valence electrons. The highest BCUT2D eigenvalue weighted by molar-refractivity contribution is 4.92. The Bertz CT molecular complexity index is 184. The molecule has 0 heterocycles. The van der Waals surface area contributed by atoms with Crippen LogP contribution in [0.1, 0.15) is 53.4 Å². The van der Waals surface area contributed by atoms with Gasteiger partial charge < -0.3 is 0 Å². The molecule has 0 amide bonds. The smallest absolute Gasteiger partial charge is 0.183 e. The zero-order chi connectivity index (χ0) is 11.0. The maximum Gasteiger partial charge on any atom is 0.183 e. The Morgan fingerprint density at radius 1 is 1.36 bits per heavy atom. The van der Waals surface area contributed by atoms with Crippen LogP contribution < -0.4 is 0 Å². The van der Waals surface area contributed by atoms with E-state index < -0.39 is 5.60 Å². The molecule has 0 aliphatic heterocycles. The van der Waals surface area contributed by atoms with Crippen molar-refractivity contribution in [3.8, 4) is 6.07 Å². The Morgan fingerprint density at radius 2 is 2.00 bits per heavy atom. The Hall–Kier alpha value is -0.590. The third-order valence-electron chi connectivity index (χ3n) is 2.00. The van der Waals surface area contributed by atoms with Gasteiger partial charge in [-0.3, -0.25) is 0 Å². The van der Waals surface area contributed by atoms with Crippen LogP contribution in [0.25, 0.3) is 0 Å². The molecular weight excluding hydrogens is 178 g/mol. The Balaban J connectivity index is 3.78. The van der Waals surface area contributed by atoms with Gasteiger partial charge >= 0.3 is 0 Å². The van der Waals surface area contributed by atoms with Gasteiger partial charge in [0.05, 0.1) is 6.10 Å². The zero-order valence-electron chi connectivity index (χ0n) is 9.67. The fourth-order valence-electron chi connectivity index (χ4n) is 0.959. The summed E-state index contributed by atoms with van der Waals surface area (Å²) in [6.07, 6.45) is 4.31. The molecular formula is C11H21NO2. The number of hydrogen-bond donors (Lipinski definition) is 0. The highest BCUT2D eigenvalue weighted by atomic mass is 17.2. The maximum atomic E-state index is 8.70. The summed E-state index contributed by atoms with van der Waals surface area (Å²) in [7, 11) is 0. The molecule has 0 fully saturated rings. The lowest BCUT2D eigenvalue weighted by Crippen LogP contribution is -2.25. The monoisotopic (exact) mass is 199 g/mol. The lowest BCUT2D eigenvalue weighted by atomic mass is 10.1. The minimum absolute atomic E-state index is 0.113. The molecule has 0 saturated heterocycles. The van der Waals surface area contributed by atoms with Gasteiger partial charge in [0.15, 0.2) is 5.60 Å². The Kier molecular flexibility index (Phi) is 6.52. The molecule has 14 heavy (non-hydrogen) atoms. The van der Waals surface area contributed by atoms with Crippen molar-refractivity contribution in [2.45, 2.75) is 65.1 Å². The second-order valence-corrected chi connectivity index (χ2v) is 3.97. The molecule has 1 atom stereocenters. The lowest BCUT2D eigenvalue weighted by molar-refractivity contribution is -0.364. The Morgan fingerprint density at radius 3 is 2.43 bits per heavy atom. The van der Waals surface area contributed by atoms with E-state index in [9.17, 15) is 0 Å². The van der Waals surface area contributed by atoms with E-state index in [-0.39, 0.29) is 6.10 Å². The first-order valence-electron chi connectivity index (χ1n) is 5.31. The molecule has 0 aromatic rings. The molecule has 0 spiro atoms. The third-order valence-corrected chi connectivity index (χ3v) is 2.00. The molecule has 0 rings (SSSR count). The minimum Gasteiger partial charge on any atom is -0.232 e. The number of nitrogens with zero attached hydrogens (tertiary/aromatic N) is 1. The van der Waals surface area contributed by atoms with Crippen LogP contribution in [0.2, 0.25) is 0 Å². The van der Waals surface area contributed by atoms with Crippen LogP contribution in [0.3, 0.4) is 0 Å². The number of rotatable bonds is 7. The molecule has 0 N–H and O–H groups in total. The van der Waals surface area contributed by atoms with Crippen LogP contribution in [-0.2, 0) is 9.78 Å². The van der Waals surface area contributed by atoms with Crippen LogP contribution in [0.5, 0.6) is 0 Å². The largest absolute Gasteiger partial charge is 0.232 e. The fourth-order valence-corrected chi connectivity index (χ4v) is 0.959.